The van der Waals surface area contributed by atoms with E-state index in [0.29, 0.717) is 13.0 Å². The van der Waals surface area contributed by atoms with Gasteiger partial charge in [-0.3, -0.25) is 14.5 Å². The zero-order chi connectivity index (χ0) is 15.5. The van der Waals surface area contributed by atoms with Gasteiger partial charge in [-0.2, -0.15) is 0 Å². The molecule has 0 bridgehead atoms. The highest BCUT2D eigenvalue weighted by Crippen LogP contribution is 2.16. The normalized spacial score (nSPS) is 18.9. The molecular formula is C13H23N3O4. The Morgan fingerprint density at radius 3 is 2.50 bits per heavy atom. The molecule has 0 radical (unpaired) electrons. The first-order valence-electron chi connectivity index (χ1n) is 6.71. The van der Waals surface area contributed by atoms with Crippen LogP contribution in [0.25, 0.3) is 0 Å². The van der Waals surface area contributed by atoms with E-state index in [9.17, 15) is 14.4 Å². The van der Waals surface area contributed by atoms with Crippen LogP contribution >= 0.6 is 0 Å². The number of urea groups is 1. The Bertz CT molecular complexity index is 406. The lowest BCUT2D eigenvalue weighted by molar-refractivity contribution is -0.132. The Morgan fingerprint density at radius 2 is 2.05 bits per heavy atom. The summed E-state index contributed by atoms with van der Waals surface area (Å²) in [6.07, 6.45) is 0.126. The van der Waals surface area contributed by atoms with Gasteiger partial charge in [0, 0.05) is 26.6 Å². The predicted octanol–water partition coefficient (Wildman–Crippen LogP) is -0.0638. The maximum Gasteiger partial charge on any atom is 0.325 e. The quantitative estimate of drug-likeness (QED) is 0.669. The molecule has 0 spiro atoms. The monoisotopic (exact) mass is 285 g/mol. The molecule has 7 heteroatoms. The second kappa shape index (κ2) is 6.21. The van der Waals surface area contributed by atoms with Gasteiger partial charge in [-0.05, 0) is 27.2 Å². The van der Waals surface area contributed by atoms with Gasteiger partial charge in [0.1, 0.15) is 5.54 Å². The van der Waals surface area contributed by atoms with Gasteiger partial charge in [0.15, 0.2) is 0 Å². The molecule has 0 saturated carbocycles. The van der Waals surface area contributed by atoms with Crippen LogP contribution in [0.15, 0.2) is 0 Å². The highest BCUT2D eigenvalue weighted by Gasteiger charge is 2.44. The van der Waals surface area contributed by atoms with Crippen LogP contribution in [0.4, 0.5) is 4.79 Å². The number of imide groups is 1. The number of nitrogens with zero attached hydrogens (tertiary/aromatic N) is 2. The minimum Gasteiger partial charge on any atom is -0.393 e. The molecule has 1 unspecified atom stereocenters. The third-order valence-corrected chi connectivity index (χ3v) is 3.30. The summed E-state index contributed by atoms with van der Waals surface area (Å²) in [5.41, 5.74) is -0.904. The fourth-order valence-corrected chi connectivity index (χ4v) is 1.92. The van der Waals surface area contributed by atoms with Crippen molar-refractivity contribution in [1.29, 1.82) is 0 Å². The zero-order valence-corrected chi connectivity index (χ0v) is 12.5. The van der Waals surface area contributed by atoms with Gasteiger partial charge in [-0.25, -0.2) is 4.79 Å². The lowest BCUT2D eigenvalue weighted by atomic mass is 10.1. The Hall–Kier alpha value is -1.63. The van der Waals surface area contributed by atoms with Gasteiger partial charge in [-0.15, -0.1) is 0 Å². The minimum absolute atomic E-state index is 0.0753. The van der Waals surface area contributed by atoms with Gasteiger partial charge in [0.05, 0.1) is 6.10 Å². The summed E-state index contributed by atoms with van der Waals surface area (Å²) in [5, 5.41) is 11.7. The molecule has 1 saturated heterocycles. The summed E-state index contributed by atoms with van der Waals surface area (Å²) < 4.78 is 0. The molecule has 1 aliphatic heterocycles. The number of rotatable bonds is 6. The molecule has 1 aliphatic rings. The van der Waals surface area contributed by atoms with Crippen LogP contribution in [-0.4, -0.2) is 64.5 Å². The van der Waals surface area contributed by atoms with E-state index in [1.807, 2.05) is 0 Å². The molecule has 0 aromatic rings. The Kier molecular flexibility index (Phi) is 5.10. The Labute approximate surface area is 118 Å². The van der Waals surface area contributed by atoms with E-state index in [1.54, 1.807) is 27.8 Å². The molecule has 1 atom stereocenters. The van der Waals surface area contributed by atoms with E-state index in [4.69, 9.17) is 5.11 Å². The van der Waals surface area contributed by atoms with Crippen molar-refractivity contribution in [2.75, 3.05) is 20.1 Å². The molecule has 4 amide bonds. The third-order valence-electron chi connectivity index (χ3n) is 3.30. The molecule has 0 aliphatic carbocycles. The van der Waals surface area contributed by atoms with E-state index in [2.05, 4.69) is 5.32 Å². The first-order valence-corrected chi connectivity index (χ1v) is 6.71. The van der Waals surface area contributed by atoms with E-state index in [1.165, 1.54) is 4.90 Å². The van der Waals surface area contributed by atoms with Gasteiger partial charge >= 0.3 is 6.03 Å². The van der Waals surface area contributed by atoms with Crippen LogP contribution in [0.5, 0.6) is 0 Å². The van der Waals surface area contributed by atoms with Crippen molar-refractivity contribution in [2.24, 2.45) is 0 Å². The molecule has 0 aromatic carbocycles. The summed E-state index contributed by atoms with van der Waals surface area (Å²) in [7, 11) is 1.64. The topological polar surface area (TPSA) is 89.9 Å². The molecule has 114 valence electrons. The number of hydrogen-bond acceptors (Lipinski definition) is 4. The second-order valence-corrected chi connectivity index (χ2v) is 5.71. The van der Waals surface area contributed by atoms with Crippen LogP contribution in [0.1, 0.15) is 33.6 Å². The molecule has 20 heavy (non-hydrogen) atoms. The van der Waals surface area contributed by atoms with E-state index >= 15 is 0 Å². The van der Waals surface area contributed by atoms with E-state index in [0.717, 1.165) is 4.90 Å². The molecular weight excluding hydrogens is 262 g/mol. The van der Waals surface area contributed by atoms with Crippen molar-refractivity contribution in [1.82, 2.24) is 15.1 Å². The first-order chi connectivity index (χ1) is 9.15. The van der Waals surface area contributed by atoms with Crippen molar-refractivity contribution < 1.29 is 19.5 Å². The van der Waals surface area contributed by atoms with Gasteiger partial charge in [0.2, 0.25) is 5.91 Å². The number of nitrogens with one attached hydrogen (secondary N) is 1. The van der Waals surface area contributed by atoms with Crippen LogP contribution in [0.2, 0.25) is 0 Å². The van der Waals surface area contributed by atoms with Crippen LogP contribution in [0, 0.1) is 0 Å². The Balaban J connectivity index is 2.45. The second-order valence-electron chi connectivity index (χ2n) is 5.71. The maximum absolute atomic E-state index is 11.9. The first kappa shape index (κ1) is 16.4. The van der Waals surface area contributed by atoms with Crippen LogP contribution < -0.4 is 5.32 Å². The van der Waals surface area contributed by atoms with Crippen LogP contribution in [0.3, 0.4) is 0 Å². The summed E-state index contributed by atoms with van der Waals surface area (Å²) in [4.78, 5) is 38.0. The lowest BCUT2D eigenvalue weighted by Crippen LogP contribution is -2.41. The Morgan fingerprint density at radius 1 is 1.45 bits per heavy atom. The maximum atomic E-state index is 11.9. The molecule has 7 nitrogen and oxygen atoms in total. The largest absolute Gasteiger partial charge is 0.393 e. The van der Waals surface area contributed by atoms with Crippen LogP contribution in [-0.2, 0) is 9.59 Å². The molecule has 1 rings (SSSR count). The van der Waals surface area contributed by atoms with Crippen molar-refractivity contribution in [3.05, 3.63) is 0 Å². The van der Waals surface area contributed by atoms with Gasteiger partial charge < -0.3 is 15.3 Å². The number of carbonyl (C=O) groups excluding carboxylic acids is 3. The van der Waals surface area contributed by atoms with Gasteiger partial charge in [0.25, 0.3) is 5.91 Å². The van der Waals surface area contributed by atoms with Crippen molar-refractivity contribution in [2.45, 2.75) is 45.3 Å². The molecule has 1 fully saturated rings. The van der Waals surface area contributed by atoms with E-state index in [-0.39, 0.29) is 24.8 Å². The van der Waals surface area contributed by atoms with Crippen molar-refractivity contribution in [3.8, 4) is 0 Å². The SMILES string of the molecule is CC(O)CCN(C)C(=O)CCN1C(=O)NC(C)(C)C1=O. The number of carbonyl (C=O) groups is 3. The third kappa shape index (κ3) is 3.93. The van der Waals surface area contributed by atoms with Crippen molar-refractivity contribution in [3.63, 3.8) is 0 Å². The average Bonchev–Trinajstić information content (AvgIpc) is 2.53. The minimum atomic E-state index is -0.904. The molecule has 1 heterocycles. The van der Waals surface area contributed by atoms with Crippen molar-refractivity contribution >= 4 is 17.8 Å². The standard InChI is InChI=1S/C13H23N3O4/c1-9(17)5-7-15(4)10(18)6-8-16-11(19)13(2,3)14-12(16)20/h9,17H,5-8H2,1-4H3,(H,14,20). The average molecular weight is 285 g/mol. The highest BCUT2D eigenvalue weighted by molar-refractivity contribution is 6.06. The number of hydrogen-bond donors (Lipinski definition) is 2. The fraction of sp³-hybridized carbons (Fsp3) is 0.769. The summed E-state index contributed by atoms with van der Waals surface area (Å²) in [6.45, 7) is 5.44. The number of amides is 4. The zero-order valence-electron chi connectivity index (χ0n) is 12.5. The summed E-state index contributed by atoms with van der Waals surface area (Å²) in [6, 6.07) is -0.459. The predicted molar refractivity (Wildman–Crippen MR) is 72.9 cm³/mol. The fourth-order valence-electron chi connectivity index (χ4n) is 1.92. The highest BCUT2D eigenvalue weighted by atomic mass is 16.3. The van der Waals surface area contributed by atoms with Gasteiger partial charge in [-0.1, -0.05) is 0 Å². The number of aliphatic hydroxyl groups excluding tert-OH is 1. The smallest absolute Gasteiger partial charge is 0.325 e. The molecule has 2 N–H and O–H groups in total. The number of aliphatic hydroxyl groups is 1. The summed E-state index contributed by atoms with van der Waals surface area (Å²) >= 11 is 0. The summed E-state index contributed by atoms with van der Waals surface area (Å²) in [5.74, 6) is -0.474. The molecule has 0 aromatic heterocycles. The lowest BCUT2D eigenvalue weighted by Gasteiger charge is -2.20. The van der Waals surface area contributed by atoms with E-state index < -0.39 is 17.7 Å².